The second-order valence-electron chi connectivity index (χ2n) is 1.76. The number of carbonyl (C=O) groups is 1. The average molecular weight is 172 g/mol. The Labute approximate surface area is 65.6 Å². The molecule has 0 fully saturated rings. The smallest absolute Gasteiger partial charge is 0.336 e. The van der Waals surface area contributed by atoms with Crippen molar-refractivity contribution in [2.24, 2.45) is 5.73 Å². The van der Waals surface area contributed by atoms with Crippen molar-refractivity contribution in [2.75, 3.05) is 0 Å². The summed E-state index contributed by atoms with van der Waals surface area (Å²) in [4.78, 5) is 20.1. The highest BCUT2D eigenvalue weighted by molar-refractivity contribution is 7.13. The van der Waals surface area contributed by atoms with Gasteiger partial charge in [-0.25, -0.2) is 0 Å². The van der Waals surface area contributed by atoms with Crippen LogP contribution in [0, 0.1) is 10.1 Å². The summed E-state index contributed by atoms with van der Waals surface area (Å²) in [6, 6.07) is 1.34. The Morgan fingerprint density at radius 1 is 1.73 bits per heavy atom. The normalized spacial score (nSPS) is 9.45. The van der Waals surface area contributed by atoms with Gasteiger partial charge in [-0.2, -0.15) is 0 Å². The van der Waals surface area contributed by atoms with Crippen molar-refractivity contribution in [1.29, 1.82) is 0 Å². The molecular formula is C5H4N2O3S. The van der Waals surface area contributed by atoms with Crippen LogP contribution < -0.4 is 5.73 Å². The Hall–Kier alpha value is -1.43. The van der Waals surface area contributed by atoms with Gasteiger partial charge in [0.25, 0.3) is 5.91 Å². The van der Waals surface area contributed by atoms with Crippen molar-refractivity contribution in [3.05, 3.63) is 27.1 Å². The maximum atomic E-state index is 10.5. The lowest BCUT2D eigenvalue weighted by Crippen LogP contribution is -2.11. The Morgan fingerprint density at radius 2 is 2.36 bits per heavy atom. The zero-order valence-electron chi connectivity index (χ0n) is 5.31. The first-order chi connectivity index (χ1) is 5.13. The number of thiophene rings is 1. The summed E-state index contributed by atoms with van der Waals surface area (Å²) in [6.45, 7) is 0. The van der Waals surface area contributed by atoms with Crippen LogP contribution in [0.1, 0.15) is 10.4 Å². The Balaban J connectivity index is 3.16. The molecule has 0 unspecified atom stereocenters. The van der Waals surface area contributed by atoms with E-state index in [1.165, 1.54) is 11.4 Å². The summed E-state index contributed by atoms with van der Waals surface area (Å²) in [5.41, 5.74) is 4.83. The van der Waals surface area contributed by atoms with E-state index in [2.05, 4.69) is 0 Å². The largest absolute Gasteiger partial charge is 0.365 e. The van der Waals surface area contributed by atoms with Crippen LogP contribution in [-0.4, -0.2) is 10.8 Å². The number of nitrogens with zero attached hydrogens (tertiary/aromatic N) is 1. The molecule has 0 saturated heterocycles. The SMILES string of the molecule is NC(=O)c1ccsc1[N+](=O)[O-]. The highest BCUT2D eigenvalue weighted by Gasteiger charge is 2.18. The number of hydrogen-bond acceptors (Lipinski definition) is 4. The van der Waals surface area contributed by atoms with Gasteiger partial charge in [0.2, 0.25) is 0 Å². The summed E-state index contributed by atoms with van der Waals surface area (Å²) in [7, 11) is 0. The Kier molecular flexibility index (Phi) is 1.86. The Bertz CT molecular complexity index is 278. The minimum Gasteiger partial charge on any atom is -0.365 e. The fraction of sp³-hybridized carbons (Fsp3) is 0. The van der Waals surface area contributed by atoms with Gasteiger partial charge in [-0.05, 0) is 11.4 Å². The van der Waals surface area contributed by atoms with Gasteiger partial charge in [0, 0.05) is 0 Å². The van der Waals surface area contributed by atoms with Crippen LogP contribution in [0.25, 0.3) is 0 Å². The van der Waals surface area contributed by atoms with Gasteiger partial charge >= 0.3 is 5.00 Å². The molecular weight excluding hydrogens is 168 g/mol. The van der Waals surface area contributed by atoms with Gasteiger partial charge in [-0.1, -0.05) is 11.3 Å². The number of primary amides is 1. The molecule has 0 bridgehead atoms. The minimum absolute atomic E-state index is 0.0278. The standard InChI is InChI=1S/C5H4N2O3S/c6-4(8)3-1-2-11-5(3)7(9)10/h1-2H,(H2,6,8). The third-order valence-corrected chi connectivity index (χ3v) is 1.94. The number of carbonyl (C=O) groups excluding carboxylic acids is 1. The van der Waals surface area contributed by atoms with Crippen molar-refractivity contribution >= 4 is 22.2 Å². The number of rotatable bonds is 2. The van der Waals surface area contributed by atoms with E-state index >= 15 is 0 Å². The van der Waals surface area contributed by atoms with E-state index in [1.54, 1.807) is 0 Å². The zero-order valence-corrected chi connectivity index (χ0v) is 6.13. The van der Waals surface area contributed by atoms with E-state index in [-0.39, 0.29) is 10.6 Å². The van der Waals surface area contributed by atoms with E-state index in [9.17, 15) is 14.9 Å². The molecule has 11 heavy (non-hydrogen) atoms. The fourth-order valence-electron chi connectivity index (χ4n) is 0.630. The number of hydrogen-bond donors (Lipinski definition) is 1. The van der Waals surface area contributed by atoms with Gasteiger partial charge in [-0.3, -0.25) is 14.9 Å². The summed E-state index contributed by atoms with van der Waals surface area (Å²) < 4.78 is 0. The van der Waals surface area contributed by atoms with Crippen LogP contribution in [0.4, 0.5) is 5.00 Å². The van der Waals surface area contributed by atoms with E-state index in [4.69, 9.17) is 5.73 Å². The molecule has 0 aliphatic carbocycles. The summed E-state index contributed by atoms with van der Waals surface area (Å²) in [6.07, 6.45) is 0. The van der Waals surface area contributed by atoms with Crippen molar-refractivity contribution in [3.8, 4) is 0 Å². The van der Waals surface area contributed by atoms with Gasteiger partial charge in [0.15, 0.2) is 0 Å². The highest BCUT2D eigenvalue weighted by Crippen LogP contribution is 2.24. The zero-order chi connectivity index (χ0) is 8.43. The molecule has 1 aromatic heterocycles. The first kappa shape index (κ1) is 7.67. The van der Waals surface area contributed by atoms with Crippen LogP contribution in [0.3, 0.4) is 0 Å². The van der Waals surface area contributed by atoms with Crippen molar-refractivity contribution in [1.82, 2.24) is 0 Å². The molecule has 0 radical (unpaired) electrons. The first-order valence-corrected chi connectivity index (χ1v) is 3.52. The molecule has 0 saturated carbocycles. The van der Waals surface area contributed by atoms with E-state index in [0.717, 1.165) is 11.3 Å². The molecule has 2 N–H and O–H groups in total. The van der Waals surface area contributed by atoms with Crippen LogP contribution >= 0.6 is 11.3 Å². The van der Waals surface area contributed by atoms with Crippen LogP contribution in [0.5, 0.6) is 0 Å². The lowest BCUT2D eigenvalue weighted by molar-refractivity contribution is -0.380. The molecule has 0 aliphatic rings. The average Bonchev–Trinajstić information content (AvgIpc) is 2.32. The molecule has 0 atom stereocenters. The molecule has 0 aromatic carbocycles. The van der Waals surface area contributed by atoms with E-state index < -0.39 is 10.8 Å². The fourth-order valence-corrected chi connectivity index (χ4v) is 1.34. The Morgan fingerprint density at radius 3 is 2.73 bits per heavy atom. The number of nitro groups is 1. The molecule has 1 heterocycles. The van der Waals surface area contributed by atoms with Gasteiger partial charge < -0.3 is 5.73 Å². The topological polar surface area (TPSA) is 86.2 Å². The molecule has 6 heteroatoms. The molecule has 1 rings (SSSR count). The van der Waals surface area contributed by atoms with E-state index in [1.807, 2.05) is 0 Å². The predicted octanol–water partition coefficient (Wildman–Crippen LogP) is 0.755. The van der Waals surface area contributed by atoms with Crippen molar-refractivity contribution in [2.45, 2.75) is 0 Å². The van der Waals surface area contributed by atoms with Gasteiger partial charge in [0.1, 0.15) is 5.56 Å². The molecule has 58 valence electrons. The molecule has 0 spiro atoms. The third-order valence-electron chi connectivity index (χ3n) is 1.08. The predicted molar refractivity (Wildman–Crippen MR) is 39.5 cm³/mol. The lowest BCUT2D eigenvalue weighted by Gasteiger charge is -1.87. The van der Waals surface area contributed by atoms with Crippen molar-refractivity contribution < 1.29 is 9.72 Å². The minimum atomic E-state index is -0.766. The van der Waals surface area contributed by atoms with Gasteiger partial charge in [0.05, 0.1) is 4.92 Å². The second-order valence-corrected chi connectivity index (χ2v) is 2.66. The second kappa shape index (κ2) is 2.67. The third kappa shape index (κ3) is 1.35. The lowest BCUT2D eigenvalue weighted by atomic mass is 10.3. The quantitative estimate of drug-likeness (QED) is 0.527. The van der Waals surface area contributed by atoms with Crippen LogP contribution in [0.2, 0.25) is 0 Å². The summed E-state index contributed by atoms with van der Waals surface area (Å²) in [5.74, 6) is -0.766. The molecule has 5 nitrogen and oxygen atoms in total. The van der Waals surface area contributed by atoms with Crippen LogP contribution in [0.15, 0.2) is 11.4 Å². The maximum Gasteiger partial charge on any atom is 0.336 e. The number of amides is 1. The first-order valence-electron chi connectivity index (χ1n) is 2.64. The molecule has 1 amide bonds. The number of nitrogens with two attached hydrogens (primary N) is 1. The summed E-state index contributed by atoms with van der Waals surface area (Å²) in [5, 5.41) is 11.5. The monoisotopic (exact) mass is 172 g/mol. The van der Waals surface area contributed by atoms with E-state index in [0.29, 0.717) is 0 Å². The molecule has 0 aliphatic heterocycles. The van der Waals surface area contributed by atoms with Gasteiger partial charge in [-0.15, -0.1) is 0 Å². The van der Waals surface area contributed by atoms with Crippen LogP contribution in [-0.2, 0) is 0 Å². The maximum absolute atomic E-state index is 10.5. The van der Waals surface area contributed by atoms with Crippen molar-refractivity contribution in [3.63, 3.8) is 0 Å². The highest BCUT2D eigenvalue weighted by atomic mass is 32.1. The summed E-state index contributed by atoms with van der Waals surface area (Å²) >= 11 is 0.886. The molecule has 1 aromatic rings.